The number of nitrogens with one attached hydrogen (secondary N) is 2. The van der Waals surface area contributed by atoms with Gasteiger partial charge in [0.1, 0.15) is 11.6 Å². The first-order valence-corrected chi connectivity index (χ1v) is 9.29. The van der Waals surface area contributed by atoms with Crippen LogP contribution in [-0.2, 0) is 11.3 Å². The average Bonchev–Trinajstić information content (AvgIpc) is 3.09. The summed E-state index contributed by atoms with van der Waals surface area (Å²) in [5.74, 6) is 2.62. The molecule has 0 aliphatic carbocycles. The van der Waals surface area contributed by atoms with Crippen LogP contribution >= 0.6 is 24.0 Å². The maximum absolute atomic E-state index is 5.35. The third-order valence-electron chi connectivity index (χ3n) is 3.86. The van der Waals surface area contributed by atoms with Crippen molar-refractivity contribution in [2.45, 2.75) is 40.2 Å². The Morgan fingerprint density at radius 1 is 1.19 bits per heavy atom. The van der Waals surface area contributed by atoms with Crippen molar-refractivity contribution in [1.82, 2.24) is 25.2 Å². The lowest BCUT2D eigenvalue weighted by Gasteiger charge is -2.11. The summed E-state index contributed by atoms with van der Waals surface area (Å²) in [7, 11) is 0. The van der Waals surface area contributed by atoms with E-state index in [1.54, 1.807) is 6.20 Å². The molecule has 0 aromatic carbocycles. The number of ether oxygens (including phenoxy) is 1. The van der Waals surface area contributed by atoms with Gasteiger partial charge in [-0.3, -0.25) is 4.57 Å². The molecule has 2 heterocycles. The highest BCUT2D eigenvalue weighted by Crippen LogP contribution is 2.09. The minimum Gasteiger partial charge on any atom is -0.382 e. The summed E-state index contributed by atoms with van der Waals surface area (Å²) >= 11 is 0. The van der Waals surface area contributed by atoms with Gasteiger partial charge in [0.2, 0.25) is 0 Å². The SMILES string of the molecule is CCNC(=NCc1ccc(-n2ccnc2C)nc1)NCCCCOCC.I. The molecule has 27 heavy (non-hydrogen) atoms. The van der Waals surface area contributed by atoms with Gasteiger partial charge in [-0.05, 0) is 45.2 Å². The Bertz CT molecular complexity index is 671. The Kier molecular flexibility index (Phi) is 11.7. The monoisotopic (exact) mass is 486 g/mol. The van der Waals surface area contributed by atoms with Crippen molar-refractivity contribution in [2.24, 2.45) is 4.99 Å². The number of aromatic nitrogens is 3. The van der Waals surface area contributed by atoms with Crippen LogP contribution in [0.25, 0.3) is 5.82 Å². The van der Waals surface area contributed by atoms with Gasteiger partial charge >= 0.3 is 0 Å². The molecule has 0 radical (unpaired) electrons. The lowest BCUT2D eigenvalue weighted by Crippen LogP contribution is -2.37. The van der Waals surface area contributed by atoms with Gasteiger partial charge in [0.15, 0.2) is 5.96 Å². The standard InChI is InChI=1S/C19H30N6O.HI/c1-4-20-19(22-10-6-7-13-26-5-2)24-15-17-8-9-18(23-14-17)25-12-11-21-16(25)3;/h8-9,11-12,14H,4-7,10,13,15H2,1-3H3,(H2,20,22,24);1H. The predicted octanol–water partition coefficient (Wildman–Crippen LogP) is 3.07. The summed E-state index contributed by atoms with van der Waals surface area (Å²) in [6.07, 6.45) is 7.67. The summed E-state index contributed by atoms with van der Waals surface area (Å²) < 4.78 is 7.31. The number of aliphatic imine (C=N–C) groups is 1. The minimum absolute atomic E-state index is 0. The maximum Gasteiger partial charge on any atom is 0.191 e. The van der Waals surface area contributed by atoms with Crippen LogP contribution < -0.4 is 10.6 Å². The Morgan fingerprint density at radius 3 is 2.67 bits per heavy atom. The van der Waals surface area contributed by atoms with E-state index in [1.807, 2.05) is 36.9 Å². The van der Waals surface area contributed by atoms with Crippen molar-refractivity contribution in [3.05, 3.63) is 42.1 Å². The van der Waals surface area contributed by atoms with Crippen LogP contribution in [-0.4, -0.2) is 46.8 Å². The summed E-state index contributed by atoms with van der Waals surface area (Å²) in [5, 5.41) is 6.63. The normalized spacial score (nSPS) is 11.1. The highest BCUT2D eigenvalue weighted by atomic mass is 127. The maximum atomic E-state index is 5.35. The highest BCUT2D eigenvalue weighted by molar-refractivity contribution is 14.0. The Labute approximate surface area is 179 Å². The first kappa shape index (κ1) is 23.4. The molecule has 0 aliphatic heterocycles. The number of imidazole rings is 1. The fourth-order valence-corrected chi connectivity index (χ4v) is 2.47. The van der Waals surface area contributed by atoms with Crippen molar-refractivity contribution < 1.29 is 4.74 Å². The minimum atomic E-state index is 0. The molecule has 0 saturated heterocycles. The van der Waals surface area contributed by atoms with Gasteiger partial charge in [-0.15, -0.1) is 24.0 Å². The average molecular weight is 486 g/mol. The molecule has 0 bridgehead atoms. The summed E-state index contributed by atoms with van der Waals surface area (Å²) in [6.45, 7) is 9.96. The van der Waals surface area contributed by atoms with Gasteiger partial charge in [0.25, 0.3) is 0 Å². The fourth-order valence-electron chi connectivity index (χ4n) is 2.47. The predicted molar refractivity (Wildman–Crippen MR) is 120 cm³/mol. The molecule has 2 aromatic heterocycles. The third-order valence-corrected chi connectivity index (χ3v) is 3.86. The molecule has 0 spiro atoms. The van der Waals surface area contributed by atoms with Crippen LogP contribution in [0.3, 0.4) is 0 Å². The molecule has 0 aliphatic rings. The molecule has 2 rings (SSSR count). The van der Waals surface area contributed by atoms with Crippen LogP contribution in [0.1, 0.15) is 38.1 Å². The Morgan fingerprint density at radius 2 is 2.04 bits per heavy atom. The van der Waals surface area contributed by atoms with E-state index in [0.29, 0.717) is 6.54 Å². The Balaban J connectivity index is 0.00000364. The van der Waals surface area contributed by atoms with Gasteiger partial charge < -0.3 is 15.4 Å². The molecule has 0 amide bonds. The molecule has 2 N–H and O–H groups in total. The number of rotatable bonds is 10. The van der Waals surface area contributed by atoms with Crippen molar-refractivity contribution in [2.75, 3.05) is 26.3 Å². The van der Waals surface area contributed by atoms with E-state index in [2.05, 4.69) is 38.6 Å². The molecular weight excluding hydrogens is 455 g/mol. The second-order valence-electron chi connectivity index (χ2n) is 5.90. The lowest BCUT2D eigenvalue weighted by atomic mass is 10.3. The fraction of sp³-hybridized carbons (Fsp3) is 0.526. The van der Waals surface area contributed by atoms with Gasteiger partial charge in [-0.25, -0.2) is 15.0 Å². The highest BCUT2D eigenvalue weighted by Gasteiger charge is 2.02. The molecule has 150 valence electrons. The zero-order chi connectivity index (χ0) is 18.6. The van der Waals surface area contributed by atoms with Crippen molar-refractivity contribution in [3.63, 3.8) is 0 Å². The second kappa shape index (κ2) is 13.5. The topological polar surface area (TPSA) is 76.4 Å². The number of hydrogen-bond acceptors (Lipinski definition) is 4. The van der Waals surface area contributed by atoms with Gasteiger partial charge in [0, 0.05) is 44.9 Å². The number of unbranched alkanes of at least 4 members (excludes halogenated alkanes) is 1. The number of aryl methyl sites for hydroxylation is 1. The first-order chi connectivity index (χ1) is 12.7. The number of hydrogen-bond donors (Lipinski definition) is 2. The van der Waals surface area contributed by atoms with E-state index in [-0.39, 0.29) is 24.0 Å². The molecule has 0 atom stereocenters. The molecule has 0 unspecified atom stereocenters. The zero-order valence-electron chi connectivity index (χ0n) is 16.4. The summed E-state index contributed by atoms with van der Waals surface area (Å²) in [6, 6.07) is 4.05. The third kappa shape index (κ3) is 8.25. The molecule has 0 saturated carbocycles. The zero-order valence-corrected chi connectivity index (χ0v) is 18.8. The van der Waals surface area contributed by atoms with Crippen molar-refractivity contribution >= 4 is 29.9 Å². The van der Waals surface area contributed by atoms with Crippen LogP contribution in [0.5, 0.6) is 0 Å². The largest absolute Gasteiger partial charge is 0.382 e. The van der Waals surface area contributed by atoms with E-state index in [4.69, 9.17) is 4.74 Å². The number of nitrogens with zero attached hydrogens (tertiary/aromatic N) is 4. The number of guanidine groups is 1. The molecule has 0 fully saturated rings. The van der Waals surface area contributed by atoms with Gasteiger partial charge in [-0.1, -0.05) is 6.07 Å². The van der Waals surface area contributed by atoms with Crippen molar-refractivity contribution in [3.8, 4) is 5.82 Å². The lowest BCUT2D eigenvalue weighted by molar-refractivity contribution is 0.143. The van der Waals surface area contributed by atoms with Crippen LogP contribution in [0.15, 0.2) is 35.7 Å². The van der Waals surface area contributed by atoms with Gasteiger partial charge in [-0.2, -0.15) is 0 Å². The second-order valence-corrected chi connectivity index (χ2v) is 5.90. The van der Waals surface area contributed by atoms with E-state index in [9.17, 15) is 0 Å². The molecule has 2 aromatic rings. The number of pyridine rings is 1. The van der Waals surface area contributed by atoms with E-state index in [0.717, 1.165) is 62.3 Å². The summed E-state index contributed by atoms with van der Waals surface area (Å²) in [4.78, 5) is 13.4. The molecular formula is C19H31IN6O. The Hall–Kier alpha value is -1.68. The molecule has 7 nitrogen and oxygen atoms in total. The van der Waals surface area contributed by atoms with Crippen LogP contribution in [0.4, 0.5) is 0 Å². The van der Waals surface area contributed by atoms with E-state index < -0.39 is 0 Å². The van der Waals surface area contributed by atoms with Crippen LogP contribution in [0.2, 0.25) is 0 Å². The van der Waals surface area contributed by atoms with Crippen molar-refractivity contribution in [1.29, 1.82) is 0 Å². The van der Waals surface area contributed by atoms with E-state index in [1.165, 1.54) is 0 Å². The van der Waals surface area contributed by atoms with Crippen LogP contribution in [0, 0.1) is 6.92 Å². The summed E-state index contributed by atoms with van der Waals surface area (Å²) in [5.41, 5.74) is 1.07. The molecule has 8 heteroatoms. The first-order valence-electron chi connectivity index (χ1n) is 9.29. The van der Waals surface area contributed by atoms with Gasteiger partial charge in [0.05, 0.1) is 6.54 Å². The number of halogens is 1. The van der Waals surface area contributed by atoms with E-state index >= 15 is 0 Å². The smallest absolute Gasteiger partial charge is 0.191 e. The quantitative estimate of drug-likeness (QED) is 0.234.